The average molecular weight is 231 g/mol. The Bertz CT molecular complexity index is 269. The standard InChI is InChI=1S/C10H17NO5/c1-10(2,3)16-8(13)5-4-7(9(14)15)11-6-12/h6-7H,4-5H2,1-3H3,(H,11,12)(H,14,15)/t7-/m1/s1. The molecule has 6 nitrogen and oxygen atoms in total. The van der Waals surface area contributed by atoms with E-state index in [1.165, 1.54) is 0 Å². The van der Waals surface area contributed by atoms with Gasteiger partial charge in [0.1, 0.15) is 11.6 Å². The number of carboxylic acids is 1. The summed E-state index contributed by atoms with van der Waals surface area (Å²) < 4.78 is 5.00. The minimum absolute atomic E-state index is 0.0169. The topological polar surface area (TPSA) is 92.7 Å². The van der Waals surface area contributed by atoms with Crippen LogP contribution in [-0.2, 0) is 19.1 Å². The van der Waals surface area contributed by atoms with Crippen LogP contribution in [0.3, 0.4) is 0 Å². The number of ether oxygens (including phenoxy) is 1. The lowest BCUT2D eigenvalue weighted by Crippen LogP contribution is -2.36. The van der Waals surface area contributed by atoms with Gasteiger partial charge in [0.05, 0.1) is 0 Å². The number of hydrogen-bond acceptors (Lipinski definition) is 4. The van der Waals surface area contributed by atoms with Crippen LogP contribution in [0.5, 0.6) is 0 Å². The highest BCUT2D eigenvalue weighted by atomic mass is 16.6. The number of aliphatic carboxylic acids is 1. The molecule has 0 bridgehead atoms. The molecule has 0 aromatic rings. The molecule has 92 valence electrons. The van der Waals surface area contributed by atoms with Crippen LogP contribution in [0, 0.1) is 0 Å². The molecule has 0 aromatic carbocycles. The molecule has 0 spiro atoms. The van der Waals surface area contributed by atoms with Gasteiger partial charge in [-0.15, -0.1) is 0 Å². The number of carbonyl (C=O) groups is 3. The summed E-state index contributed by atoms with van der Waals surface area (Å²) >= 11 is 0. The lowest BCUT2D eigenvalue weighted by molar-refractivity contribution is -0.155. The van der Waals surface area contributed by atoms with E-state index in [1.54, 1.807) is 20.8 Å². The minimum atomic E-state index is -1.17. The van der Waals surface area contributed by atoms with Crippen molar-refractivity contribution >= 4 is 18.3 Å². The molecule has 0 saturated heterocycles. The molecular formula is C10H17NO5. The summed E-state index contributed by atoms with van der Waals surface area (Å²) in [6, 6.07) is -1.05. The van der Waals surface area contributed by atoms with Gasteiger partial charge in [-0.1, -0.05) is 0 Å². The van der Waals surface area contributed by atoms with Gasteiger partial charge in [-0.25, -0.2) is 4.79 Å². The lowest BCUT2D eigenvalue weighted by atomic mass is 10.1. The van der Waals surface area contributed by atoms with Crippen LogP contribution in [0.4, 0.5) is 0 Å². The number of esters is 1. The molecule has 2 N–H and O–H groups in total. The van der Waals surface area contributed by atoms with Gasteiger partial charge < -0.3 is 15.2 Å². The number of carboxylic acid groups (broad SMARTS) is 1. The maximum absolute atomic E-state index is 11.3. The largest absolute Gasteiger partial charge is 0.480 e. The van der Waals surface area contributed by atoms with Crippen molar-refractivity contribution in [1.82, 2.24) is 5.32 Å². The first-order valence-electron chi connectivity index (χ1n) is 4.90. The van der Waals surface area contributed by atoms with E-state index in [1.807, 2.05) is 0 Å². The molecule has 0 aliphatic carbocycles. The second-order valence-corrected chi connectivity index (χ2v) is 4.30. The SMILES string of the molecule is CC(C)(C)OC(=O)CC[C@@H](NC=O)C(=O)O. The van der Waals surface area contributed by atoms with Crippen LogP contribution in [0.25, 0.3) is 0 Å². The van der Waals surface area contributed by atoms with E-state index in [9.17, 15) is 14.4 Å². The summed E-state index contributed by atoms with van der Waals surface area (Å²) in [4.78, 5) is 32.0. The molecule has 1 atom stereocenters. The summed E-state index contributed by atoms with van der Waals surface area (Å²) in [5.74, 6) is -1.65. The Hall–Kier alpha value is -1.59. The molecule has 0 heterocycles. The molecule has 0 aliphatic rings. The van der Waals surface area contributed by atoms with E-state index in [0.29, 0.717) is 6.41 Å². The Morgan fingerprint density at radius 2 is 2.00 bits per heavy atom. The zero-order chi connectivity index (χ0) is 12.8. The molecule has 0 rings (SSSR count). The zero-order valence-electron chi connectivity index (χ0n) is 9.65. The number of hydrogen-bond donors (Lipinski definition) is 2. The van der Waals surface area contributed by atoms with Crippen LogP contribution in [-0.4, -0.2) is 35.1 Å². The summed E-state index contributed by atoms with van der Waals surface area (Å²) in [5.41, 5.74) is -0.589. The number of rotatable bonds is 6. The molecule has 0 fully saturated rings. The third-order valence-electron chi connectivity index (χ3n) is 1.62. The van der Waals surface area contributed by atoms with Gasteiger partial charge in [0.15, 0.2) is 0 Å². The van der Waals surface area contributed by atoms with E-state index >= 15 is 0 Å². The fraction of sp³-hybridized carbons (Fsp3) is 0.700. The quantitative estimate of drug-likeness (QED) is 0.507. The first kappa shape index (κ1) is 14.4. The van der Waals surface area contributed by atoms with Crippen LogP contribution >= 0.6 is 0 Å². The van der Waals surface area contributed by atoms with E-state index in [2.05, 4.69) is 5.32 Å². The number of carbonyl (C=O) groups excluding carboxylic acids is 2. The van der Waals surface area contributed by atoms with E-state index in [-0.39, 0.29) is 12.8 Å². The third-order valence-corrected chi connectivity index (χ3v) is 1.62. The van der Waals surface area contributed by atoms with E-state index in [4.69, 9.17) is 9.84 Å². The van der Waals surface area contributed by atoms with Crippen molar-refractivity contribution < 1.29 is 24.2 Å². The van der Waals surface area contributed by atoms with Crippen molar-refractivity contribution in [2.75, 3.05) is 0 Å². The normalized spacial score (nSPS) is 12.7. The summed E-state index contributed by atoms with van der Waals surface area (Å²) in [5, 5.41) is 10.8. The monoisotopic (exact) mass is 231 g/mol. The molecule has 0 unspecified atom stereocenters. The van der Waals surface area contributed by atoms with Gasteiger partial charge in [-0.05, 0) is 27.2 Å². The average Bonchev–Trinajstić information content (AvgIpc) is 2.08. The number of nitrogens with one attached hydrogen (secondary N) is 1. The zero-order valence-corrected chi connectivity index (χ0v) is 9.65. The van der Waals surface area contributed by atoms with Crippen molar-refractivity contribution in [1.29, 1.82) is 0 Å². The molecule has 0 saturated carbocycles. The Balaban J connectivity index is 4.06. The molecule has 0 aromatic heterocycles. The molecule has 16 heavy (non-hydrogen) atoms. The van der Waals surface area contributed by atoms with Crippen LogP contribution in [0.2, 0.25) is 0 Å². The fourth-order valence-electron chi connectivity index (χ4n) is 1.01. The first-order chi connectivity index (χ1) is 7.26. The minimum Gasteiger partial charge on any atom is -0.480 e. The van der Waals surface area contributed by atoms with Gasteiger partial charge in [-0.3, -0.25) is 9.59 Å². The van der Waals surface area contributed by atoms with Gasteiger partial charge in [0, 0.05) is 6.42 Å². The Labute approximate surface area is 94.0 Å². The predicted molar refractivity (Wildman–Crippen MR) is 55.7 cm³/mol. The third kappa shape index (κ3) is 6.80. The van der Waals surface area contributed by atoms with Gasteiger partial charge in [0.25, 0.3) is 0 Å². The first-order valence-corrected chi connectivity index (χ1v) is 4.90. The fourth-order valence-corrected chi connectivity index (χ4v) is 1.01. The highest BCUT2D eigenvalue weighted by Crippen LogP contribution is 2.09. The van der Waals surface area contributed by atoms with E-state index < -0.39 is 23.6 Å². The molecular weight excluding hydrogens is 214 g/mol. The second kappa shape index (κ2) is 6.09. The Kier molecular flexibility index (Phi) is 5.49. The van der Waals surface area contributed by atoms with Crippen molar-refractivity contribution in [3.63, 3.8) is 0 Å². The predicted octanol–water partition coefficient (Wildman–Crippen LogP) is 0.307. The molecule has 1 amide bonds. The highest BCUT2D eigenvalue weighted by molar-refractivity contribution is 5.77. The number of amides is 1. The van der Waals surface area contributed by atoms with Crippen LogP contribution < -0.4 is 5.32 Å². The highest BCUT2D eigenvalue weighted by Gasteiger charge is 2.21. The van der Waals surface area contributed by atoms with Gasteiger partial charge in [0.2, 0.25) is 6.41 Å². The smallest absolute Gasteiger partial charge is 0.326 e. The van der Waals surface area contributed by atoms with Gasteiger partial charge >= 0.3 is 11.9 Å². The Morgan fingerprint density at radius 1 is 1.44 bits per heavy atom. The van der Waals surface area contributed by atoms with E-state index in [0.717, 1.165) is 0 Å². The Morgan fingerprint density at radius 3 is 2.38 bits per heavy atom. The van der Waals surface area contributed by atoms with Crippen molar-refractivity contribution in [2.45, 2.75) is 45.3 Å². The molecule has 0 aliphatic heterocycles. The molecule has 0 radical (unpaired) electrons. The molecule has 6 heteroatoms. The van der Waals surface area contributed by atoms with Gasteiger partial charge in [-0.2, -0.15) is 0 Å². The summed E-state index contributed by atoms with van der Waals surface area (Å²) in [6.07, 6.45) is 0.270. The van der Waals surface area contributed by atoms with Crippen LogP contribution in [0.15, 0.2) is 0 Å². The summed E-state index contributed by atoms with van der Waals surface area (Å²) in [6.45, 7) is 5.18. The van der Waals surface area contributed by atoms with Crippen molar-refractivity contribution in [3.8, 4) is 0 Å². The van der Waals surface area contributed by atoms with Crippen LogP contribution in [0.1, 0.15) is 33.6 Å². The van der Waals surface area contributed by atoms with Crippen molar-refractivity contribution in [3.05, 3.63) is 0 Å². The maximum atomic E-state index is 11.3. The summed E-state index contributed by atoms with van der Waals surface area (Å²) in [7, 11) is 0. The van der Waals surface area contributed by atoms with Crippen molar-refractivity contribution in [2.24, 2.45) is 0 Å². The lowest BCUT2D eigenvalue weighted by Gasteiger charge is -2.20. The second-order valence-electron chi connectivity index (χ2n) is 4.30. The maximum Gasteiger partial charge on any atom is 0.326 e.